The largest absolute Gasteiger partial charge is 0.383 e. The molecule has 0 saturated heterocycles. The van der Waals surface area contributed by atoms with Crippen LogP contribution >= 0.6 is 22.9 Å². The van der Waals surface area contributed by atoms with Gasteiger partial charge >= 0.3 is 0 Å². The van der Waals surface area contributed by atoms with Gasteiger partial charge in [-0.1, -0.05) is 0 Å². The molecule has 0 amide bonds. The van der Waals surface area contributed by atoms with Gasteiger partial charge in [-0.25, -0.2) is 0 Å². The molecule has 0 aromatic heterocycles. The molecule has 3 heteroatoms. The predicted molar refractivity (Wildman–Crippen MR) is 58.4 cm³/mol. The molecule has 0 bridgehead atoms. The minimum Gasteiger partial charge on any atom is -0.383 e. The minimum atomic E-state index is 1.17. The Kier molecular flexibility index (Phi) is 5.36. The van der Waals surface area contributed by atoms with Crippen molar-refractivity contribution in [1.29, 1.82) is 0 Å². The second-order valence-electron chi connectivity index (χ2n) is 2.76. The van der Waals surface area contributed by atoms with E-state index >= 15 is 0 Å². The first kappa shape index (κ1) is 10.8. The van der Waals surface area contributed by atoms with Gasteiger partial charge in [0.1, 0.15) is 0 Å². The van der Waals surface area contributed by atoms with Gasteiger partial charge in [-0.05, 0) is 25.5 Å². The van der Waals surface area contributed by atoms with Gasteiger partial charge in [0, 0.05) is 26.0 Å². The molecule has 0 rings (SSSR count). The quantitative estimate of drug-likeness (QED) is 0.479. The number of halogens is 1. The molecule has 0 aliphatic carbocycles. The van der Waals surface area contributed by atoms with E-state index in [9.17, 15) is 0 Å². The van der Waals surface area contributed by atoms with Crippen molar-refractivity contribution in [2.24, 2.45) is 0 Å². The number of allylic oxidation sites excluding steroid dienone is 3. The summed E-state index contributed by atoms with van der Waals surface area (Å²) in [6, 6.07) is 0. The van der Waals surface area contributed by atoms with E-state index in [1.54, 1.807) is 0 Å². The molecule has 0 aliphatic heterocycles. The molecular formula is C8H15IN2. The standard InChI is InChI=1S/C8H15IN2/c1-7(6-11(3)4)5-8(2)10-9/h5-6,10H,1-4H3/b7-6-,8-5-. The summed E-state index contributed by atoms with van der Waals surface area (Å²) in [5, 5.41) is 0. The van der Waals surface area contributed by atoms with Gasteiger partial charge in [0.05, 0.1) is 22.9 Å². The Morgan fingerprint density at radius 2 is 1.91 bits per heavy atom. The molecule has 0 atom stereocenters. The zero-order chi connectivity index (χ0) is 8.85. The molecule has 0 saturated carbocycles. The first-order chi connectivity index (χ1) is 5.06. The monoisotopic (exact) mass is 266 g/mol. The third-order valence-corrected chi connectivity index (χ3v) is 1.91. The van der Waals surface area contributed by atoms with E-state index in [0.29, 0.717) is 0 Å². The van der Waals surface area contributed by atoms with Crippen molar-refractivity contribution >= 4 is 22.9 Å². The molecule has 0 heterocycles. The van der Waals surface area contributed by atoms with Crippen LogP contribution in [0.15, 0.2) is 23.5 Å². The van der Waals surface area contributed by atoms with Crippen molar-refractivity contribution in [3.8, 4) is 0 Å². The maximum Gasteiger partial charge on any atom is 0.0557 e. The number of hydrogen-bond donors (Lipinski definition) is 1. The number of nitrogens with one attached hydrogen (secondary N) is 1. The Balaban J connectivity index is 4.15. The normalized spacial score (nSPS) is 13.2. The van der Waals surface area contributed by atoms with Crippen LogP contribution in [-0.2, 0) is 0 Å². The van der Waals surface area contributed by atoms with E-state index in [1.165, 1.54) is 11.3 Å². The molecule has 64 valence electrons. The molecule has 1 N–H and O–H groups in total. The number of nitrogens with zero attached hydrogens (tertiary/aromatic N) is 1. The summed E-state index contributed by atoms with van der Waals surface area (Å²) in [6.45, 7) is 4.12. The topological polar surface area (TPSA) is 15.3 Å². The van der Waals surface area contributed by atoms with Crippen LogP contribution in [-0.4, -0.2) is 19.0 Å². The summed E-state index contributed by atoms with van der Waals surface area (Å²) < 4.78 is 3.04. The smallest absolute Gasteiger partial charge is 0.0557 e. The highest BCUT2D eigenvalue weighted by Gasteiger charge is 1.86. The summed E-state index contributed by atoms with van der Waals surface area (Å²) in [7, 11) is 4.04. The van der Waals surface area contributed by atoms with Crippen LogP contribution in [0, 0.1) is 0 Å². The average Bonchev–Trinajstić information content (AvgIpc) is 1.85. The van der Waals surface area contributed by atoms with Gasteiger partial charge in [0.25, 0.3) is 0 Å². The average molecular weight is 266 g/mol. The fourth-order valence-electron chi connectivity index (χ4n) is 0.813. The van der Waals surface area contributed by atoms with Crippen molar-refractivity contribution < 1.29 is 0 Å². The van der Waals surface area contributed by atoms with Crippen LogP contribution in [0.5, 0.6) is 0 Å². The van der Waals surface area contributed by atoms with Gasteiger partial charge in [0.2, 0.25) is 0 Å². The Morgan fingerprint density at radius 1 is 1.36 bits per heavy atom. The van der Waals surface area contributed by atoms with Crippen molar-refractivity contribution in [1.82, 2.24) is 8.43 Å². The van der Waals surface area contributed by atoms with E-state index < -0.39 is 0 Å². The van der Waals surface area contributed by atoms with Crippen molar-refractivity contribution in [3.05, 3.63) is 23.5 Å². The zero-order valence-electron chi connectivity index (χ0n) is 7.48. The molecule has 0 aromatic rings. The number of hydrogen-bond acceptors (Lipinski definition) is 2. The molecule has 0 aliphatic rings. The van der Waals surface area contributed by atoms with Crippen LogP contribution in [0.25, 0.3) is 0 Å². The first-order valence-electron chi connectivity index (χ1n) is 3.46. The van der Waals surface area contributed by atoms with E-state index in [2.05, 4.69) is 45.6 Å². The van der Waals surface area contributed by atoms with Gasteiger partial charge in [-0.3, -0.25) is 0 Å². The van der Waals surface area contributed by atoms with Crippen LogP contribution in [0.4, 0.5) is 0 Å². The summed E-state index contributed by atoms with van der Waals surface area (Å²) in [5.41, 5.74) is 2.41. The molecular weight excluding hydrogens is 251 g/mol. The number of rotatable bonds is 3. The van der Waals surface area contributed by atoms with Crippen LogP contribution < -0.4 is 3.53 Å². The molecule has 2 nitrogen and oxygen atoms in total. The summed E-state index contributed by atoms with van der Waals surface area (Å²) in [5.74, 6) is 0. The fraction of sp³-hybridized carbons (Fsp3) is 0.500. The van der Waals surface area contributed by atoms with Crippen molar-refractivity contribution in [3.63, 3.8) is 0 Å². The second kappa shape index (κ2) is 5.46. The Labute approximate surface area is 82.8 Å². The molecule has 0 radical (unpaired) electrons. The third kappa shape index (κ3) is 6.22. The molecule has 0 unspecified atom stereocenters. The minimum absolute atomic E-state index is 1.17. The molecule has 0 aromatic carbocycles. The highest BCUT2D eigenvalue weighted by Crippen LogP contribution is 2.00. The predicted octanol–water partition coefficient (Wildman–Crippen LogP) is 2.30. The van der Waals surface area contributed by atoms with Crippen LogP contribution in [0.2, 0.25) is 0 Å². The SMILES string of the molecule is CC(=C/N(C)C)/C=C(/C)NI. The van der Waals surface area contributed by atoms with E-state index in [-0.39, 0.29) is 0 Å². The maximum atomic E-state index is 3.04. The molecule has 0 spiro atoms. The van der Waals surface area contributed by atoms with Crippen molar-refractivity contribution in [2.75, 3.05) is 14.1 Å². The lowest BCUT2D eigenvalue weighted by atomic mass is 10.3. The summed E-state index contributed by atoms with van der Waals surface area (Å²) >= 11 is 2.12. The fourth-order valence-corrected chi connectivity index (χ4v) is 0.969. The van der Waals surface area contributed by atoms with E-state index in [1.807, 2.05) is 25.9 Å². The van der Waals surface area contributed by atoms with Gasteiger partial charge in [-0.15, -0.1) is 0 Å². The second-order valence-corrected chi connectivity index (χ2v) is 3.30. The summed E-state index contributed by atoms with van der Waals surface area (Å²) in [4.78, 5) is 2.03. The zero-order valence-corrected chi connectivity index (χ0v) is 9.64. The lowest BCUT2D eigenvalue weighted by Crippen LogP contribution is -2.02. The first-order valence-corrected chi connectivity index (χ1v) is 4.54. The van der Waals surface area contributed by atoms with E-state index in [0.717, 1.165) is 0 Å². The highest BCUT2D eigenvalue weighted by atomic mass is 127. The maximum absolute atomic E-state index is 3.04. The third-order valence-electron chi connectivity index (χ3n) is 1.06. The van der Waals surface area contributed by atoms with Crippen molar-refractivity contribution in [2.45, 2.75) is 13.8 Å². The Bertz CT molecular complexity index is 171. The lowest BCUT2D eigenvalue weighted by Gasteiger charge is -2.05. The molecule has 0 fully saturated rings. The lowest BCUT2D eigenvalue weighted by molar-refractivity contribution is 0.560. The van der Waals surface area contributed by atoms with E-state index in [4.69, 9.17) is 0 Å². The Hall–Kier alpha value is -0.190. The van der Waals surface area contributed by atoms with Gasteiger partial charge in [-0.2, -0.15) is 0 Å². The van der Waals surface area contributed by atoms with Gasteiger partial charge in [0.15, 0.2) is 0 Å². The Morgan fingerprint density at radius 3 is 2.27 bits per heavy atom. The van der Waals surface area contributed by atoms with Gasteiger partial charge < -0.3 is 8.43 Å². The van der Waals surface area contributed by atoms with Crippen LogP contribution in [0.3, 0.4) is 0 Å². The van der Waals surface area contributed by atoms with Crippen LogP contribution in [0.1, 0.15) is 13.8 Å². The molecule has 11 heavy (non-hydrogen) atoms. The summed E-state index contributed by atoms with van der Waals surface area (Å²) in [6.07, 6.45) is 4.18. The highest BCUT2D eigenvalue weighted by molar-refractivity contribution is 14.1.